The van der Waals surface area contributed by atoms with E-state index < -0.39 is 0 Å². The molecular formula is C7H14NO. The topological polar surface area (TPSA) is 12.5 Å². The van der Waals surface area contributed by atoms with E-state index >= 15 is 0 Å². The minimum Gasteiger partial charge on any atom is -0.302 e. The quantitative estimate of drug-likeness (QED) is 0.526. The number of hydrogen-bond donors (Lipinski definition) is 0. The lowest BCUT2D eigenvalue weighted by Crippen LogP contribution is -2.36. The first-order valence-electron chi connectivity index (χ1n) is 3.48. The number of rotatable bonds is 1. The molecular weight excluding hydrogens is 114 g/mol. The van der Waals surface area contributed by atoms with Gasteiger partial charge >= 0.3 is 0 Å². The average Bonchev–Trinajstić information content (AvgIpc) is 1.89. The molecule has 1 radical (unpaired) electrons. The zero-order chi connectivity index (χ0) is 6.69. The van der Waals surface area contributed by atoms with Crippen LogP contribution in [0, 0.1) is 6.92 Å². The first-order chi connectivity index (χ1) is 4.34. The van der Waals surface area contributed by atoms with Gasteiger partial charge in [-0.2, -0.15) is 5.06 Å². The van der Waals surface area contributed by atoms with Crippen molar-refractivity contribution in [3.8, 4) is 0 Å². The minimum absolute atomic E-state index is 0.378. The summed E-state index contributed by atoms with van der Waals surface area (Å²) in [7, 11) is 1.71. The summed E-state index contributed by atoms with van der Waals surface area (Å²) in [6.45, 7) is 5.00. The van der Waals surface area contributed by atoms with E-state index in [4.69, 9.17) is 4.84 Å². The average molecular weight is 128 g/mol. The van der Waals surface area contributed by atoms with Crippen molar-refractivity contribution in [3.63, 3.8) is 0 Å². The fourth-order valence-electron chi connectivity index (χ4n) is 1.21. The monoisotopic (exact) mass is 128 g/mol. The molecule has 0 N–H and O–H groups in total. The SMILES string of the molecule is [CH2]C1CCCCN1OC. The van der Waals surface area contributed by atoms with Crippen molar-refractivity contribution in [2.75, 3.05) is 13.7 Å². The maximum atomic E-state index is 5.07. The molecule has 1 aliphatic heterocycles. The van der Waals surface area contributed by atoms with Crippen LogP contribution in [0.5, 0.6) is 0 Å². The molecule has 53 valence electrons. The molecule has 0 aromatic rings. The number of hydroxylamine groups is 2. The van der Waals surface area contributed by atoms with Gasteiger partial charge in [-0.1, -0.05) is 6.42 Å². The summed E-state index contributed by atoms with van der Waals surface area (Å²) in [5.74, 6) is 0. The molecule has 0 amide bonds. The highest BCUT2D eigenvalue weighted by Gasteiger charge is 2.16. The van der Waals surface area contributed by atoms with Gasteiger partial charge in [-0.25, -0.2) is 0 Å². The molecule has 0 bridgehead atoms. The zero-order valence-corrected chi connectivity index (χ0v) is 5.97. The van der Waals surface area contributed by atoms with E-state index in [1.54, 1.807) is 7.11 Å². The molecule has 1 heterocycles. The fraction of sp³-hybridized carbons (Fsp3) is 0.857. The van der Waals surface area contributed by atoms with Crippen molar-refractivity contribution in [3.05, 3.63) is 6.92 Å². The molecule has 2 nitrogen and oxygen atoms in total. The van der Waals surface area contributed by atoms with Crippen LogP contribution in [0.3, 0.4) is 0 Å². The summed E-state index contributed by atoms with van der Waals surface area (Å²) in [6.07, 6.45) is 3.72. The van der Waals surface area contributed by atoms with E-state index in [0.717, 1.165) is 6.54 Å². The van der Waals surface area contributed by atoms with Gasteiger partial charge in [0.2, 0.25) is 0 Å². The van der Waals surface area contributed by atoms with Gasteiger partial charge in [-0.15, -0.1) is 0 Å². The second-order valence-electron chi connectivity index (χ2n) is 2.47. The van der Waals surface area contributed by atoms with Crippen LogP contribution in [-0.4, -0.2) is 24.8 Å². The largest absolute Gasteiger partial charge is 0.302 e. The Bertz CT molecular complexity index is 85.0. The van der Waals surface area contributed by atoms with Crippen LogP contribution >= 0.6 is 0 Å². The van der Waals surface area contributed by atoms with Crippen LogP contribution in [0.1, 0.15) is 19.3 Å². The predicted octanol–water partition coefficient (Wildman–Crippen LogP) is 1.24. The van der Waals surface area contributed by atoms with Crippen molar-refractivity contribution in [1.29, 1.82) is 0 Å². The molecule has 9 heavy (non-hydrogen) atoms. The van der Waals surface area contributed by atoms with Gasteiger partial charge in [-0.3, -0.25) is 0 Å². The Kier molecular flexibility index (Phi) is 2.49. The summed E-state index contributed by atoms with van der Waals surface area (Å²) >= 11 is 0. The Balaban J connectivity index is 2.30. The van der Waals surface area contributed by atoms with Crippen LogP contribution in [0.4, 0.5) is 0 Å². The lowest BCUT2D eigenvalue weighted by Gasteiger charge is -2.30. The third-order valence-corrected chi connectivity index (χ3v) is 1.81. The Morgan fingerprint density at radius 1 is 1.56 bits per heavy atom. The third-order valence-electron chi connectivity index (χ3n) is 1.81. The molecule has 1 saturated heterocycles. The van der Waals surface area contributed by atoms with Crippen molar-refractivity contribution < 1.29 is 4.84 Å². The molecule has 1 unspecified atom stereocenters. The van der Waals surface area contributed by atoms with Crippen LogP contribution in [-0.2, 0) is 4.84 Å². The lowest BCUT2D eigenvalue weighted by molar-refractivity contribution is -0.163. The molecule has 0 aromatic carbocycles. The van der Waals surface area contributed by atoms with Crippen LogP contribution in [0.2, 0.25) is 0 Å². The van der Waals surface area contributed by atoms with Gasteiger partial charge in [0, 0.05) is 12.6 Å². The number of nitrogens with zero attached hydrogens (tertiary/aromatic N) is 1. The molecule has 0 aromatic heterocycles. The van der Waals surface area contributed by atoms with E-state index in [0.29, 0.717) is 6.04 Å². The van der Waals surface area contributed by atoms with E-state index in [9.17, 15) is 0 Å². The summed E-state index contributed by atoms with van der Waals surface area (Å²) in [5.41, 5.74) is 0. The Morgan fingerprint density at radius 3 is 2.78 bits per heavy atom. The maximum Gasteiger partial charge on any atom is 0.0575 e. The molecule has 1 atom stereocenters. The molecule has 1 fully saturated rings. The standard InChI is InChI=1S/C7H14NO/c1-7-5-3-4-6-8(7)9-2/h7H,1,3-6H2,2H3. The normalized spacial score (nSPS) is 30.7. The number of piperidine rings is 1. The maximum absolute atomic E-state index is 5.07. The van der Waals surface area contributed by atoms with Crippen LogP contribution < -0.4 is 0 Å². The highest BCUT2D eigenvalue weighted by Crippen LogP contribution is 2.14. The van der Waals surface area contributed by atoms with Gasteiger partial charge in [-0.05, 0) is 19.8 Å². The summed E-state index contributed by atoms with van der Waals surface area (Å²) < 4.78 is 0. The first-order valence-corrected chi connectivity index (χ1v) is 3.48. The summed E-state index contributed by atoms with van der Waals surface area (Å²) in [6, 6.07) is 0.378. The summed E-state index contributed by atoms with van der Waals surface area (Å²) in [4.78, 5) is 5.07. The Morgan fingerprint density at radius 2 is 2.33 bits per heavy atom. The van der Waals surface area contributed by atoms with Gasteiger partial charge in [0.05, 0.1) is 7.11 Å². The van der Waals surface area contributed by atoms with Crippen molar-refractivity contribution in [2.24, 2.45) is 0 Å². The van der Waals surface area contributed by atoms with Gasteiger partial charge < -0.3 is 4.84 Å². The van der Waals surface area contributed by atoms with Crippen molar-refractivity contribution in [2.45, 2.75) is 25.3 Å². The second kappa shape index (κ2) is 3.18. The van der Waals surface area contributed by atoms with Crippen LogP contribution in [0.25, 0.3) is 0 Å². The first kappa shape index (κ1) is 7.03. The Hall–Kier alpha value is -0.0800. The van der Waals surface area contributed by atoms with Crippen LogP contribution in [0.15, 0.2) is 0 Å². The second-order valence-corrected chi connectivity index (χ2v) is 2.47. The number of hydrogen-bond acceptors (Lipinski definition) is 2. The van der Waals surface area contributed by atoms with Crippen molar-refractivity contribution >= 4 is 0 Å². The van der Waals surface area contributed by atoms with E-state index in [1.807, 2.05) is 5.06 Å². The molecule has 2 heteroatoms. The molecule has 1 rings (SSSR count). The van der Waals surface area contributed by atoms with Crippen molar-refractivity contribution in [1.82, 2.24) is 5.06 Å². The highest BCUT2D eigenvalue weighted by atomic mass is 16.7. The lowest BCUT2D eigenvalue weighted by atomic mass is 10.1. The molecule has 0 spiro atoms. The van der Waals surface area contributed by atoms with E-state index in [2.05, 4.69) is 6.92 Å². The van der Waals surface area contributed by atoms with Gasteiger partial charge in [0.1, 0.15) is 0 Å². The minimum atomic E-state index is 0.378. The Labute approximate surface area is 56.8 Å². The summed E-state index contributed by atoms with van der Waals surface area (Å²) in [5, 5.41) is 1.95. The third kappa shape index (κ3) is 1.66. The highest BCUT2D eigenvalue weighted by molar-refractivity contribution is 4.72. The predicted molar refractivity (Wildman–Crippen MR) is 36.7 cm³/mol. The fourth-order valence-corrected chi connectivity index (χ4v) is 1.21. The van der Waals surface area contributed by atoms with Gasteiger partial charge in [0.25, 0.3) is 0 Å². The zero-order valence-electron chi connectivity index (χ0n) is 5.97. The molecule has 0 saturated carbocycles. The van der Waals surface area contributed by atoms with E-state index in [-0.39, 0.29) is 0 Å². The molecule has 1 aliphatic rings. The molecule has 0 aliphatic carbocycles. The van der Waals surface area contributed by atoms with Gasteiger partial charge in [0.15, 0.2) is 0 Å². The van der Waals surface area contributed by atoms with E-state index in [1.165, 1.54) is 19.3 Å². The smallest absolute Gasteiger partial charge is 0.0575 e.